The second-order valence-electron chi connectivity index (χ2n) is 9.16. The Bertz CT molecular complexity index is 2020. The first-order valence-corrected chi connectivity index (χ1v) is 12.5. The fraction of sp³-hybridized carbons (Fsp3) is 0. The Morgan fingerprint density at radius 2 is 0.850 bits per heavy atom. The van der Waals surface area contributed by atoms with Crippen molar-refractivity contribution >= 4 is 50.2 Å². The van der Waals surface area contributed by atoms with Gasteiger partial charge in [0, 0.05) is 11.1 Å². The summed E-state index contributed by atoms with van der Waals surface area (Å²) in [4.78, 5) is 1.98. The van der Waals surface area contributed by atoms with Gasteiger partial charge in [-0.1, -0.05) is 66.7 Å². The molecule has 0 N–H and O–H groups in total. The molecule has 0 aliphatic heterocycles. The number of benzene rings is 5. The van der Waals surface area contributed by atoms with Crippen LogP contribution in [0.25, 0.3) is 55.4 Å². The monoisotopic (exact) mass is 523 g/mol. The molecule has 0 bridgehead atoms. The molecule has 10 heteroatoms. The normalized spacial score (nSPS) is 11.5. The van der Waals surface area contributed by atoms with Crippen LogP contribution >= 0.6 is 0 Å². The maximum absolute atomic E-state index is 5.29. The van der Waals surface area contributed by atoms with Crippen LogP contribution in [0.2, 0.25) is 0 Å². The van der Waals surface area contributed by atoms with Crippen LogP contribution in [0.4, 0.5) is 17.1 Å². The third kappa shape index (κ3) is 3.36. The molecule has 0 saturated heterocycles. The lowest BCUT2D eigenvalue weighted by atomic mass is 10.0. The quantitative estimate of drug-likeness (QED) is 0.231. The van der Waals surface area contributed by atoms with Crippen molar-refractivity contribution in [2.75, 3.05) is 4.90 Å². The summed E-state index contributed by atoms with van der Waals surface area (Å²) in [6.07, 6.45) is 0. The van der Waals surface area contributed by atoms with E-state index in [1.807, 2.05) is 108 Å². The average molecular weight is 524 g/mol. The molecule has 0 fully saturated rings. The van der Waals surface area contributed by atoms with Crippen LogP contribution in [-0.2, 0) is 0 Å². The first-order chi connectivity index (χ1) is 19.9. The van der Waals surface area contributed by atoms with Gasteiger partial charge < -0.3 is 4.90 Å². The zero-order valence-electron chi connectivity index (χ0n) is 20.7. The fourth-order valence-electron chi connectivity index (χ4n) is 5.13. The molecule has 3 heterocycles. The van der Waals surface area contributed by atoms with Crippen LogP contribution in [0.3, 0.4) is 0 Å². The standard InChI is InChI=1S/C30H17N7O3/c1-3-8-18(9-4-1)20-14-16-24(29-26(20)32-39-35-29)37(23-13-7-12-22-28(23)34-38-31-22)25-17-15-21(19-10-5-2-6-11-19)27-30(25)36-40-33-27/h1-17H. The molecule has 0 atom stereocenters. The van der Waals surface area contributed by atoms with Gasteiger partial charge in [0.15, 0.2) is 16.6 Å². The second kappa shape index (κ2) is 8.84. The zero-order valence-corrected chi connectivity index (χ0v) is 20.7. The molecular weight excluding hydrogens is 506 g/mol. The van der Waals surface area contributed by atoms with Gasteiger partial charge in [-0.2, -0.15) is 0 Å². The predicted molar refractivity (Wildman–Crippen MR) is 148 cm³/mol. The molecule has 0 aliphatic carbocycles. The molecule has 0 saturated carbocycles. The SMILES string of the molecule is c1ccc(-c2ccc(N(c3cccc4nonc34)c3ccc(-c4ccccc4)c4nonc34)c3nonc23)cc1. The van der Waals surface area contributed by atoms with Gasteiger partial charge in [0.05, 0.1) is 17.1 Å². The summed E-state index contributed by atoms with van der Waals surface area (Å²) >= 11 is 0. The van der Waals surface area contributed by atoms with Crippen molar-refractivity contribution in [3.63, 3.8) is 0 Å². The minimum Gasteiger partial charge on any atom is -0.303 e. The maximum atomic E-state index is 5.29. The van der Waals surface area contributed by atoms with Crippen molar-refractivity contribution < 1.29 is 13.9 Å². The first kappa shape index (κ1) is 22.1. The van der Waals surface area contributed by atoms with Gasteiger partial charge in [-0.15, -0.1) is 0 Å². The maximum Gasteiger partial charge on any atom is 0.159 e. The lowest BCUT2D eigenvalue weighted by Gasteiger charge is -2.25. The zero-order chi connectivity index (χ0) is 26.5. The van der Waals surface area contributed by atoms with Crippen LogP contribution < -0.4 is 4.90 Å². The molecular formula is C30H17N7O3. The summed E-state index contributed by atoms with van der Waals surface area (Å²) < 4.78 is 15.7. The van der Waals surface area contributed by atoms with Crippen molar-refractivity contribution in [1.82, 2.24) is 30.9 Å². The molecule has 40 heavy (non-hydrogen) atoms. The molecule has 8 aromatic rings. The minimum absolute atomic E-state index is 0.562. The largest absolute Gasteiger partial charge is 0.303 e. The molecule has 0 amide bonds. The third-order valence-corrected chi connectivity index (χ3v) is 6.95. The number of hydrogen-bond acceptors (Lipinski definition) is 10. The Balaban J connectivity index is 1.41. The number of aromatic nitrogens is 6. The van der Waals surface area contributed by atoms with E-state index in [0.29, 0.717) is 50.2 Å². The van der Waals surface area contributed by atoms with Crippen LogP contribution in [-0.4, -0.2) is 30.9 Å². The summed E-state index contributed by atoms with van der Waals surface area (Å²) in [5.41, 5.74) is 9.42. The summed E-state index contributed by atoms with van der Waals surface area (Å²) in [5, 5.41) is 25.5. The van der Waals surface area contributed by atoms with E-state index in [1.165, 1.54) is 0 Å². The van der Waals surface area contributed by atoms with Crippen LogP contribution in [0.15, 0.2) is 117 Å². The summed E-state index contributed by atoms with van der Waals surface area (Å²) in [5.74, 6) is 0. The van der Waals surface area contributed by atoms with Crippen LogP contribution in [0.5, 0.6) is 0 Å². The molecule has 10 nitrogen and oxygen atoms in total. The van der Waals surface area contributed by atoms with E-state index < -0.39 is 0 Å². The second-order valence-corrected chi connectivity index (χ2v) is 9.16. The molecule has 0 aliphatic rings. The van der Waals surface area contributed by atoms with Gasteiger partial charge in [0.25, 0.3) is 0 Å². The highest BCUT2D eigenvalue weighted by Crippen LogP contribution is 2.45. The third-order valence-electron chi connectivity index (χ3n) is 6.95. The Morgan fingerprint density at radius 3 is 1.43 bits per heavy atom. The van der Waals surface area contributed by atoms with E-state index >= 15 is 0 Å². The first-order valence-electron chi connectivity index (χ1n) is 12.5. The summed E-state index contributed by atoms with van der Waals surface area (Å²) in [6, 6.07) is 33.6. The fourth-order valence-corrected chi connectivity index (χ4v) is 5.13. The Kier molecular flexibility index (Phi) is 4.89. The van der Waals surface area contributed by atoms with E-state index in [0.717, 1.165) is 22.3 Å². The van der Waals surface area contributed by atoms with Gasteiger partial charge in [-0.3, -0.25) is 0 Å². The molecule has 0 radical (unpaired) electrons. The average Bonchev–Trinajstić information content (AvgIpc) is 3.80. The van der Waals surface area contributed by atoms with Gasteiger partial charge in [0.1, 0.15) is 16.6 Å². The highest BCUT2D eigenvalue weighted by molar-refractivity contribution is 6.08. The molecule has 0 spiro atoms. The van der Waals surface area contributed by atoms with Crippen molar-refractivity contribution in [3.05, 3.63) is 103 Å². The highest BCUT2D eigenvalue weighted by atomic mass is 16.6. The van der Waals surface area contributed by atoms with Gasteiger partial charge >= 0.3 is 0 Å². The van der Waals surface area contributed by atoms with Crippen molar-refractivity contribution in [3.8, 4) is 22.3 Å². The summed E-state index contributed by atoms with van der Waals surface area (Å²) in [6.45, 7) is 0. The summed E-state index contributed by atoms with van der Waals surface area (Å²) in [7, 11) is 0. The topological polar surface area (TPSA) is 120 Å². The number of rotatable bonds is 5. The van der Waals surface area contributed by atoms with E-state index in [-0.39, 0.29) is 0 Å². The Morgan fingerprint density at radius 1 is 0.375 bits per heavy atom. The molecule has 5 aromatic carbocycles. The van der Waals surface area contributed by atoms with Crippen LogP contribution in [0, 0.1) is 0 Å². The van der Waals surface area contributed by atoms with Gasteiger partial charge in [-0.05, 0) is 78.5 Å². The molecule has 0 unspecified atom stereocenters. The molecule has 190 valence electrons. The van der Waals surface area contributed by atoms with E-state index in [2.05, 4.69) is 30.9 Å². The lowest BCUT2D eigenvalue weighted by Crippen LogP contribution is -2.12. The van der Waals surface area contributed by atoms with Crippen LogP contribution in [0.1, 0.15) is 0 Å². The smallest absolute Gasteiger partial charge is 0.159 e. The number of fused-ring (bicyclic) bond motifs is 3. The van der Waals surface area contributed by atoms with Crippen molar-refractivity contribution in [2.45, 2.75) is 0 Å². The highest BCUT2D eigenvalue weighted by Gasteiger charge is 2.27. The Labute approximate surface area is 225 Å². The Hall–Kier alpha value is -5.90. The minimum atomic E-state index is 0.562. The predicted octanol–water partition coefficient (Wildman–Crippen LogP) is 7.10. The van der Waals surface area contributed by atoms with Crippen molar-refractivity contribution in [2.24, 2.45) is 0 Å². The molecule has 8 rings (SSSR count). The number of anilines is 3. The molecule has 3 aromatic heterocycles. The van der Waals surface area contributed by atoms with E-state index in [4.69, 9.17) is 13.9 Å². The van der Waals surface area contributed by atoms with Crippen molar-refractivity contribution in [1.29, 1.82) is 0 Å². The van der Waals surface area contributed by atoms with Gasteiger partial charge in [0.2, 0.25) is 0 Å². The number of nitrogens with zero attached hydrogens (tertiary/aromatic N) is 7. The van der Waals surface area contributed by atoms with Gasteiger partial charge in [-0.25, -0.2) is 13.9 Å². The van der Waals surface area contributed by atoms with E-state index in [9.17, 15) is 0 Å². The number of hydrogen-bond donors (Lipinski definition) is 0. The lowest BCUT2D eigenvalue weighted by molar-refractivity contribution is 0.315. The van der Waals surface area contributed by atoms with E-state index in [1.54, 1.807) is 0 Å².